The molecule has 1 aromatic carbocycles. The molecule has 1 aromatic heterocycles. The molecular weight excluding hydrogens is 318 g/mol. The summed E-state index contributed by atoms with van der Waals surface area (Å²) in [6.07, 6.45) is 2.79. The summed E-state index contributed by atoms with van der Waals surface area (Å²) in [6, 6.07) is 4.73. The van der Waals surface area contributed by atoms with Gasteiger partial charge in [-0.1, -0.05) is 13.0 Å². The molecule has 1 saturated heterocycles. The van der Waals surface area contributed by atoms with E-state index < -0.39 is 0 Å². The van der Waals surface area contributed by atoms with Crippen LogP contribution in [-0.4, -0.2) is 51.9 Å². The lowest BCUT2D eigenvalue weighted by Gasteiger charge is -2.63. The Bertz CT molecular complexity index is 911. The summed E-state index contributed by atoms with van der Waals surface area (Å²) in [5, 5.41) is 12.6. The molecule has 25 heavy (non-hydrogen) atoms. The van der Waals surface area contributed by atoms with Gasteiger partial charge in [0.15, 0.2) is 17.3 Å². The van der Waals surface area contributed by atoms with Crippen molar-refractivity contribution >= 4 is 0 Å². The van der Waals surface area contributed by atoms with Crippen LogP contribution in [-0.2, 0) is 18.3 Å². The fourth-order valence-electron chi connectivity index (χ4n) is 6.23. The average molecular weight is 339 g/mol. The monoisotopic (exact) mass is 339 g/mol. The minimum absolute atomic E-state index is 0.0417. The summed E-state index contributed by atoms with van der Waals surface area (Å²) >= 11 is 0. The van der Waals surface area contributed by atoms with Gasteiger partial charge in [-0.05, 0) is 48.5 Å². The van der Waals surface area contributed by atoms with Crippen molar-refractivity contribution in [2.24, 2.45) is 5.41 Å². The van der Waals surface area contributed by atoms with E-state index in [4.69, 9.17) is 9.47 Å². The van der Waals surface area contributed by atoms with E-state index in [1.165, 1.54) is 11.1 Å². The zero-order valence-electron chi connectivity index (χ0n) is 14.7. The summed E-state index contributed by atoms with van der Waals surface area (Å²) in [6.45, 7) is 3.48. The molecule has 7 heteroatoms. The van der Waals surface area contributed by atoms with Crippen molar-refractivity contribution in [3.05, 3.63) is 29.1 Å². The van der Waals surface area contributed by atoms with Gasteiger partial charge in [-0.2, -0.15) is 4.68 Å². The average Bonchev–Trinajstić information content (AvgIpc) is 3.18. The van der Waals surface area contributed by atoms with Gasteiger partial charge < -0.3 is 14.4 Å². The van der Waals surface area contributed by atoms with Gasteiger partial charge in [0.25, 0.3) is 0 Å². The highest BCUT2D eigenvalue weighted by atomic mass is 16.5. The molecule has 130 valence electrons. The molecule has 0 N–H and O–H groups in total. The predicted octanol–water partition coefficient (Wildman–Crippen LogP) is 1.33. The highest BCUT2D eigenvalue weighted by molar-refractivity contribution is 5.61. The van der Waals surface area contributed by atoms with Crippen LogP contribution in [0.15, 0.2) is 12.1 Å². The van der Waals surface area contributed by atoms with Gasteiger partial charge in [-0.3, -0.25) is 0 Å². The van der Waals surface area contributed by atoms with Crippen molar-refractivity contribution in [2.45, 2.75) is 43.9 Å². The highest BCUT2D eigenvalue weighted by Gasteiger charge is 2.71. The molecule has 4 atom stereocenters. The van der Waals surface area contributed by atoms with E-state index >= 15 is 0 Å². The van der Waals surface area contributed by atoms with Crippen LogP contribution in [0.3, 0.4) is 0 Å². The van der Waals surface area contributed by atoms with Crippen LogP contribution >= 0.6 is 0 Å². The maximum Gasteiger partial charge on any atom is 0.205 e. The van der Waals surface area contributed by atoms with E-state index in [-0.39, 0.29) is 17.1 Å². The Morgan fingerprint density at radius 3 is 3.08 bits per heavy atom. The number of tetrazole rings is 1. The third-order valence-electron chi connectivity index (χ3n) is 7.39. The number of likely N-dealkylation sites (N-methyl/N-ethyl adjacent to an activating group) is 1. The second-order valence-corrected chi connectivity index (χ2v) is 8.16. The molecule has 1 spiro atoms. The molecule has 0 amide bonds. The third kappa shape index (κ3) is 1.32. The number of piperidine rings is 1. The molecule has 0 radical (unpaired) electrons. The Balaban J connectivity index is 1.73. The number of nitrogens with zero attached hydrogens (tertiary/aromatic N) is 5. The fourth-order valence-corrected chi connectivity index (χ4v) is 6.23. The van der Waals surface area contributed by atoms with Crippen molar-refractivity contribution in [1.29, 1.82) is 0 Å². The fraction of sp³-hybridized carbons (Fsp3) is 0.611. The first-order valence-electron chi connectivity index (χ1n) is 8.94. The lowest BCUT2D eigenvalue weighted by atomic mass is 9.47. The number of rotatable bonds is 1. The number of hydrogen-bond acceptors (Lipinski definition) is 6. The molecule has 1 aliphatic carbocycles. The molecule has 4 aliphatic rings. The second-order valence-electron chi connectivity index (χ2n) is 8.16. The van der Waals surface area contributed by atoms with Crippen LogP contribution < -0.4 is 9.47 Å². The SMILES string of the molecule is COc1ccc2c3c1O[C@H]1n4nnnc4C[C@@]4(C)[C@@H](C2)N(C)CC[C@]314. The predicted molar refractivity (Wildman–Crippen MR) is 88.7 cm³/mol. The van der Waals surface area contributed by atoms with Crippen LogP contribution in [0.5, 0.6) is 11.5 Å². The van der Waals surface area contributed by atoms with Crippen molar-refractivity contribution in [1.82, 2.24) is 25.1 Å². The van der Waals surface area contributed by atoms with Gasteiger partial charge in [-0.25, -0.2) is 0 Å². The van der Waals surface area contributed by atoms with Crippen LogP contribution in [0.2, 0.25) is 0 Å². The molecule has 0 saturated carbocycles. The minimum atomic E-state index is -0.183. The molecule has 2 aromatic rings. The lowest BCUT2D eigenvalue weighted by Crippen LogP contribution is -2.69. The Morgan fingerprint density at radius 1 is 1.36 bits per heavy atom. The molecule has 6 rings (SSSR count). The maximum atomic E-state index is 6.56. The summed E-state index contributed by atoms with van der Waals surface area (Å²) in [7, 11) is 3.96. The van der Waals surface area contributed by atoms with Gasteiger partial charge in [0, 0.05) is 23.4 Å². The van der Waals surface area contributed by atoms with Gasteiger partial charge in [-0.15, -0.1) is 5.10 Å². The van der Waals surface area contributed by atoms with Crippen LogP contribution in [0.1, 0.15) is 36.5 Å². The zero-order chi connectivity index (χ0) is 17.0. The van der Waals surface area contributed by atoms with E-state index in [1.54, 1.807) is 7.11 Å². The van der Waals surface area contributed by atoms with Crippen LogP contribution in [0, 0.1) is 5.41 Å². The first-order valence-corrected chi connectivity index (χ1v) is 8.94. The summed E-state index contributed by atoms with van der Waals surface area (Å²) < 4.78 is 14.1. The smallest absolute Gasteiger partial charge is 0.205 e. The normalized spacial score (nSPS) is 37.2. The summed E-state index contributed by atoms with van der Waals surface area (Å²) in [5.41, 5.74) is 2.69. The molecule has 0 unspecified atom stereocenters. The van der Waals surface area contributed by atoms with E-state index in [1.807, 2.05) is 10.7 Å². The zero-order valence-corrected chi connectivity index (χ0v) is 14.7. The van der Waals surface area contributed by atoms with Gasteiger partial charge in [0.1, 0.15) is 0 Å². The first kappa shape index (κ1) is 14.1. The van der Waals surface area contributed by atoms with E-state index in [9.17, 15) is 0 Å². The second kappa shape index (κ2) is 4.15. The highest BCUT2D eigenvalue weighted by Crippen LogP contribution is 2.69. The number of aromatic nitrogens is 4. The van der Waals surface area contributed by atoms with Gasteiger partial charge in [0.05, 0.1) is 12.5 Å². The Labute approximate surface area is 145 Å². The molecular formula is C18H21N5O2. The number of likely N-dealkylation sites (tertiary alicyclic amines) is 1. The largest absolute Gasteiger partial charge is 0.493 e. The lowest BCUT2D eigenvalue weighted by molar-refractivity contribution is -0.123. The van der Waals surface area contributed by atoms with Gasteiger partial charge in [0.2, 0.25) is 6.23 Å². The van der Waals surface area contributed by atoms with E-state index in [0.29, 0.717) is 6.04 Å². The van der Waals surface area contributed by atoms with Crippen molar-refractivity contribution in [2.75, 3.05) is 20.7 Å². The number of benzene rings is 1. The first-order chi connectivity index (χ1) is 12.1. The van der Waals surface area contributed by atoms with E-state index in [0.717, 1.165) is 43.1 Å². The van der Waals surface area contributed by atoms with Crippen molar-refractivity contribution < 1.29 is 9.47 Å². The van der Waals surface area contributed by atoms with E-state index in [2.05, 4.69) is 40.5 Å². The van der Waals surface area contributed by atoms with Crippen LogP contribution in [0.25, 0.3) is 0 Å². The van der Waals surface area contributed by atoms with Crippen molar-refractivity contribution in [3.8, 4) is 11.5 Å². The Kier molecular flexibility index (Phi) is 2.33. The minimum Gasteiger partial charge on any atom is -0.493 e. The third-order valence-corrected chi connectivity index (χ3v) is 7.39. The Hall–Kier alpha value is -2.15. The standard InChI is InChI=1S/C18H21N5O2/c1-17-9-13-19-20-21-23(13)16-18(17)6-7-22(2)12(17)8-10-4-5-11(24-3)15(25-16)14(10)18/h4-5,12,16H,6-9H2,1-3H3/t12-,16-,17+,18+/m1/s1. The number of methoxy groups -OCH3 is 1. The van der Waals surface area contributed by atoms with Crippen molar-refractivity contribution in [3.63, 3.8) is 0 Å². The maximum absolute atomic E-state index is 6.56. The molecule has 4 heterocycles. The molecule has 7 nitrogen and oxygen atoms in total. The topological polar surface area (TPSA) is 65.3 Å². The van der Waals surface area contributed by atoms with Gasteiger partial charge >= 0.3 is 0 Å². The summed E-state index contributed by atoms with van der Waals surface area (Å²) in [5.74, 6) is 2.65. The Morgan fingerprint density at radius 2 is 2.24 bits per heavy atom. The number of fused-ring (bicyclic) bond motifs is 2. The molecule has 1 fully saturated rings. The molecule has 2 bridgehead atoms. The quantitative estimate of drug-likeness (QED) is 0.781. The number of ether oxygens (including phenoxy) is 2. The number of hydrogen-bond donors (Lipinski definition) is 0. The summed E-state index contributed by atoms with van der Waals surface area (Å²) in [4.78, 5) is 2.52. The van der Waals surface area contributed by atoms with Crippen LogP contribution in [0.4, 0.5) is 0 Å². The molecule has 3 aliphatic heterocycles.